The lowest BCUT2D eigenvalue weighted by atomic mass is 9.85. The standard InChI is InChI=1S/C15H23NO3/c1-4-15(16,5-2)14(17)12-8-6-7-9-13(12)19-11-10-18-3/h6-9H,4-5,10-11,16H2,1-3H3. The maximum absolute atomic E-state index is 12.5. The molecule has 0 saturated carbocycles. The molecule has 4 nitrogen and oxygen atoms in total. The Kier molecular flexibility index (Phi) is 5.99. The van der Waals surface area contributed by atoms with Crippen LogP contribution in [0.5, 0.6) is 5.75 Å². The number of nitrogens with two attached hydrogens (primary N) is 1. The van der Waals surface area contributed by atoms with Gasteiger partial charge < -0.3 is 15.2 Å². The predicted molar refractivity (Wildman–Crippen MR) is 75.6 cm³/mol. The number of carbonyl (C=O) groups excluding carboxylic acids is 1. The number of hydrogen-bond donors (Lipinski definition) is 1. The Balaban J connectivity index is 2.96. The van der Waals surface area contributed by atoms with Crippen molar-refractivity contribution in [1.29, 1.82) is 0 Å². The van der Waals surface area contributed by atoms with Gasteiger partial charge in [-0.05, 0) is 25.0 Å². The van der Waals surface area contributed by atoms with Crippen LogP contribution in [0.4, 0.5) is 0 Å². The van der Waals surface area contributed by atoms with Gasteiger partial charge in [-0.2, -0.15) is 0 Å². The molecule has 0 atom stereocenters. The molecule has 0 radical (unpaired) electrons. The summed E-state index contributed by atoms with van der Waals surface area (Å²) in [5.41, 5.74) is 5.89. The van der Waals surface area contributed by atoms with Crippen molar-refractivity contribution in [2.24, 2.45) is 5.73 Å². The lowest BCUT2D eigenvalue weighted by molar-refractivity contribution is 0.0872. The van der Waals surface area contributed by atoms with Gasteiger partial charge in [0.25, 0.3) is 0 Å². The third-order valence-electron chi connectivity index (χ3n) is 3.39. The summed E-state index contributed by atoms with van der Waals surface area (Å²) in [6, 6.07) is 7.21. The highest BCUT2D eigenvalue weighted by Crippen LogP contribution is 2.25. The van der Waals surface area contributed by atoms with Crippen LogP contribution in [0.3, 0.4) is 0 Å². The lowest BCUT2D eigenvalue weighted by Gasteiger charge is -2.25. The Morgan fingerprint density at radius 2 is 1.84 bits per heavy atom. The zero-order chi connectivity index (χ0) is 14.3. The van der Waals surface area contributed by atoms with Gasteiger partial charge in [-0.3, -0.25) is 4.79 Å². The van der Waals surface area contributed by atoms with Crippen molar-refractivity contribution in [2.45, 2.75) is 32.2 Å². The van der Waals surface area contributed by atoms with Crippen LogP contribution in [0.2, 0.25) is 0 Å². The van der Waals surface area contributed by atoms with Crippen LogP contribution in [0.25, 0.3) is 0 Å². The van der Waals surface area contributed by atoms with Gasteiger partial charge >= 0.3 is 0 Å². The fourth-order valence-electron chi connectivity index (χ4n) is 1.85. The van der Waals surface area contributed by atoms with E-state index in [1.165, 1.54) is 0 Å². The quantitative estimate of drug-likeness (QED) is 0.579. The number of ether oxygens (including phenoxy) is 2. The highest BCUT2D eigenvalue weighted by atomic mass is 16.5. The van der Waals surface area contributed by atoms with Gasteiger partial charge in [0, 0.05) is 7.11 Å². The van der Waals surface area contributed by atoms with Crippen LogP contribution in [0, 0.1) is 0 Å². The van der Waals surface area contributed by atoms with Gasteiger partial charge in [0.1, 0.15) is 12.4 Å². The number of ketones is 1. The number of hydrogen-bond acceptors (Lipinski definition) is 4. The molecule has 0 heterocycles. The summed E-state index contributed by atoms with van der Waals surface area (Å²) in [7, 11) is 1.61. The summed E-state index contributed by atoms with van der Waals surface area (Å²) in [5, 5.41) is 0. The van der Waals surface area contributed by atoms with Crippen molar-refractivity contribution < 1.29 is 14.3 Å². The topological polar surface area (TPSA) is 61.6 Å². The van der Waals surface area contributed by atoms with Gasteiger partial charge in [0.05, 0.1) is 17.7 Å². The molecule has 0 bridgehead atoms. The Morgan fingerprint density at radius 3 is 2.42 bits per heavy atom. The highest BCUT2D eigenvalue weighted by molar-refractivity contribution is 6.05. The van der Waals surface area contributed by atoms with Crippen LogP contribution in [0.1, 0.15) is 37.0 Å². The Hall–Kier alpha value is -1.39. The number of Topliss-reactive ketones (excluding diaryl/α,β-unsaturated/α-hetero) is 1. The van der Waals surface area contributed by atoms with Gasteiger partial charge in [-0.25, -0.2) is 0 Å². The van der Waals surface area contributed by atoms with Crippen molar-refractivity contribution in [3.63, 3.8) is 0 Å². The zero-order valence-corrected chi connectivity index (χ0v) is 11.9. The van der Waals surface area contributed by atoms with Crippen LogP contribution >= 0.6 is 0 Å². The van der Waals surface area contributed by atoms with Crippen LogP contribution in [-0.2, 0) is 4.74 Å². The van der Waals surface area contributed by atoms with Crippen LogP contribution < -0.4 is 10.5 Å². The van der Waals surface area contributed by atoms with Crippen molar-refractivity contribution in [1.82, 2.24) is 0 Å². The minimum absolute atomic E-state index is 0.0643. The van der Waals surface area contributed by atoms with Crippen LogP contribution in [-0.4, -0.2) is 31.6 Å². The molecule has 1 aromatic rings. The minimum atomic E-state index is -0.819. The zero-order valence-electron chi connectivity index (χ0n) is 11.9. The number of benzene rings is 1. The molecule has 106 valence electrons. The SMILES string of the molecule is CCC(N)(CC)C(=O)c1ccccc1OCCOC. The van der Waals surface area contributed by atoms with E-state index in [0.29, 0.717) is 37.4 Å². The van der Waals surface area contributed by atoms with Gasteiger partial charge in [-0.15, -0.1) is 0 Å². The first-order chi connectivity index (χ1) is 9.09. The van der Waals surface area contributed by atoms with Crippen molar-refractivity contribution >= 4 is 5.78 Å². The number of carbonyl (C=O) groups is 1. The van der Waals surface area contributed by atoms with Crippen molar-refractivity contribution in [3.8, 4) is 5.75 Å². The Morgan fingerprint density at radius 1 is 1.21 bits per heavy atom. The van der Waals surface area contributed by atoms with E-state index >= 15 is 0 Å². The average molecular weight is 265 g/mol. The van der Waals surface area contributed by atoms with E-state index in [-0.39, 0.29) is 5.78 Å². The molecule has 0 spiro atoms. The van der Waals surface area contributed by atoms with Gasteiger partial charge in [0.15, 0.2) is 5.78 Å². The fraction of sp³-hybridized carbons (Fsp3) is 0.533. The molecule has 19 heavy (non-hydrogen) atoms. The summed E-state index contributed by atoms with van der Waals surface area (Å²) in [6.07, 6.45) is 1.21. The summed E-state index contributed by atoms with van der Waals surface area (Å²) in [6.45, 7) is 4.75. The number of para-hydroxylation sites is 1. The first-order valence-corrected chi connectivity index (χ1v) is 6.63. The summed E-state index contributed by atoms with van der Waals surface area (Å²) in [4.78, 5) is 12.5. The lowest BCUT2D eigenvalue weighted by Crippen LogP contribution is -2.46. The van der Waals surface area contributed by atoms with Crippen LogP contribution in [0.15, 0.2) is 24.3 Å². The molecule has 0 unspecified atom stereocenters. The second kappa shape index (κ2) is 7.26. The van der Waals surface area contributed by atoms with Gasteiger partial charge in [-0.1, -0.05) is 26.0 Å². The summed E-state index contributed by atoms with van der Waals surface area (Å²) < 4.78 is 10.5. The molecule has 0 aliphatic rings. The monoisotopic (exact) mass is 265 g/mol. The normalized spacial score (nSPS) is 11.4. The molecule has 0 fully saturated rings. The van der Waals surface area contributed by atoms with E-state index < -0.39 is 5.54 Å². The van der Waals surface area contributed by atoms with E-state index in [1.54, 1.807) is 19.2 Å². The van der Waals surface area contributed by atoms with E-state index in [2.05, 4.69) is 0 Å². The molecule has 1 rings (SSSR count). The second-order valence-corrected chi connectivity index (χ2v) is 4.53. The molecule has 0 aliphatic carbocycles. The predicted octanol–water partition coefficient (Wildman–Crippen LogP) is 2.41. The summed E-state index contributed by atoms with van der Waals surface area (Å²) in [5.74, 6) is 0.506. The van der Waals surface area contributed by atoms with E-state index in [4.69, 9.17) is 15.2 Å². The second-order valence-electron chi connectivity index (χ2n) is 4.53. The average Bonchev–Trinajstić information content (AvgIpc) is 2.46. The van der Waals surface area contributed by atoms with Crippen molar-refractivity contribution in [3.05, 3.63) is 29.8 Å². The van der Waals surface area contributed by atoms with E-state index in [0.717, 1.165) is 0 Å². The fourth-order valence-corrected chi connectivity index (χ4v) is 1.85. The van der Waals surface area contributed by atoms with E-state index in [1.807, 2.05) is 26.0 Å². The molecule has 1 aromatic carbocycles. The smallest absolute Gasteiger partial charge is 0.186 e. The number of rotatable bonds is 8. The molecule has 0 aromatic heterocycles. The van der Waals surface area contributed by atoms with Crippen molar-refractivity contribution in [2.75, 3.05) is 20.3 Å². The molecular formula is C15H23NO3. The van der Waals surface area contributed by atoms with Gasteiger partial charge in [0.2, 0.25) is 0 Å². The minimum Gasteiger partial charge on any atom is -0.490 e. The largest absolute Gasteiger partial charge is 0.490 e. The number of methoxy groups -OCH3 is 1. The Bertz CT molecular complexity index is 414. The Labute approximate surface area is 114 Å². The molecular weight excluding hydrogens is 242 g/mol. The maximum Gasteiger partial charge on any atom is 0.186 e. The molecule has 0 amide bonds. The highest BCUT2D eigenvalue weighted by Gasteiger charge is 2.32. The molecule has 0 aliphatic heterocycles. The summed E-state index contributed by atoms with van der Waals surface area (Å²) >= 11 is 0. The third-order valence-corrected chi connectivity index (χ3v) is 3.39. The van der Waals surface area contributed by atoms with E-state index in [9.17, 15) is 4.79 Å². The first-order valence-electron chi connectivity index (χ1n) is 6.63. The first kappa shape index (κ1) is 15.7. The molecule has 4 heteroatoms. The molecule has 0 saturated heterocycles. The third kappa shape index (κ3) is 3.78. The maximum atomic E-state index is 12.5. The molecule has 2 N–H and O–H groups in total.